The van der Waals surface area contributed by atoms with Gasteiger partial charge in [-0.25, -0.2) is 9.97 Å². The standard InChI is InChI=1S/C12H10Br2ClN3/c1-6(2)9-8(14)11(15)18-12(17-9)10-7(13)4-3-5-16-10/h3-6H,1-2H3. The minimum atomic E-state index is 0.251. The van der Waals surface area contributed by atoms with Crippen molar-refractivity contribution < 1.29 is 0 Å². The number of nitrogens with zero attached hydrogens (tertiary/aromatic N) is 3. The molecule has 3 nitrogen and oxygen atoms in total. The van der Waals surface area contributed by atoms with Gasteiger partial charge in [0, 0.05) is 10.7 Å². The summed E-state index contributed by atoms with van der Waals surface area (Å²) >= 11 is 13.0. The van der Waals surface area contributed by atoms with Gasteiger partial charge in [-0.15, -0.1) is 0 Å². The van der Waals surface area contributed by atoms with Crippen molar-refractivity contribution in [1.82, 2.24) is 15.0 Å². The van der Waals surface area contributed by atoms with E-state index in [1.807, 2.05) is 12.1 Å². The maximum atomic E-state index is 6.12. The van der Waals surface area contributed by atoms with Crippen molar-refractivity contribution in [3.05, 3.63) is 38.1 Å². The summed E-state index contributed by atoms with van der Waals surface area (Å²) in [7, 11) is 0. The van der Waals surface area contributed by atoms with Gasteiger partial charge in [0.25, 0.3) is 0 Å². The molecule has 18 heavy (non-hydrogen) atoms. The van der Waals surface area contributed by atoms with E-state index in [0.717, 1.165) is 14.6 Å². The monoisotopic (exact) mass is 389 g/mol. The highest BCUT2D eigenvalue weighted by Crippen LogP contribution is 2.32. The minimum Gasteiger partial charge on any atom is -0.252 e. The molecule has 0 saturated heterocycles. The Morgan fingerprint density at radius 3 is 2.56 bits per heavy atom. The molecule has 0 aliphatic heterocycles. The van der Waals surface area contributed by atoms with Crippen LogP contribution in [-0.2, 0) is 0 Å². The zero-order valence-corrected chi connectivity index (χ0v) is 13.7. The highest BCUT2D eigenvalue weighted by Gasteiger charge is 2.16. The lowest BCUT2D eigenvalue weighted by molar-refractivity contribution is 0.808. The van der Waals surface area contributed by atoms with Gasteiger partial charge in [0.2, 0.25) is 0 Å². The third-order valence-electron chi connectivity index (χ3n) is 2.35. The largest absolute Gasteiger partial charge is 0.252 e. The Morgan fingerprint density at radius 2 is 1.94 bits per heavy atom. The van der Waals surface area contributed by atoms with E-state index < -0.39 is 0 Å². The molecule has 2 heterocycles. The molecule has 2 aromatic heterocycles. The summed E-state index contributed by atoms with van der Waals surface area (Å²) in [5.41, 5.74) is 1.57. The summed E-state index contributed by atoms with van der Waals surface area (Å²) in [5.74, 6) is 0.778. The van der Waals surface area contributed by atoms with Crippen LogP contribution >= 0.6 is 43.5 Å². The fourth-order valence-corrected chi connectivity index (χ4v) is 2.72. The zero-order chi connectivity index (χ0) is 13.3. The van der Waals surface area contributed by atoms with E-state index in [0.29, 0.717) is 16.7 Å². The lowest BCUT2D eigenvalue weighted by Gasteiger charge is -2.11. The fraction of sp³-hybridized carbons (Fsp3) is 0.250. The second-order valence-corrected chi connectivity index (χ2v) is 6.03. The molecule has 0 aliphatic carbocycles. The van der Waals surface area contributed by atoms with Crippen LogP contribution in [0.4, 0.5) is 0 Å². The molecule has 2 rings (SSSR count). The van der Waals surface area contributed by atoms with E-state index in [2.05, 4.69) is 60.7 Å². The second kappa shape index (κ2) is 5.63. The smallest absolute Gasteiger partial charge is 0.181 e. The minimum absolute atomic E-state index is 0.251. The van der Waals surface area contributed by atoms with Crippen molar-refractivity contribution in [2.24, 2.45) is 0 Å². The van der Waals surface area contributed by atoms with Crippen molar-refractivity contribution >= 4 is 43.5 Å². The maximum absolute atomic E-state index is 6.12. The van der Waals surface area contributed by atoms with E-state index in [-0.39, 0.29) is 5.92 Å². The van der Waals surface area contributed by atoms with Crippen LogP contribution in [0.25, 0.3) is 11.5 Å². The van der Waals surface area contributed by atoms with Gasteiger partial charge in [0.05, 0.1) is 10.2 Å². The van der Waals surface area contributed by atoms with Crippen LogP contribution in [0.15, 0.2) is 27.3 Å². The number of hydrogen-bond donors (Lipinski definition) is 0. The molecule has 0 saturated carbocycles. The molecule has 0 atom stereocenters. The molecule has 0 N–H and O–H groups in total. The van der Waals surface area contributed by atoms with Crippen molar-refractivity contribution in [2.45, 2.75) is 19.8 Å². The van der Waals surface area contributed by atoms with Crippen LogP contribution in [0.1, 0.15) is 25.5 Å². The quantitative estimate of drug-likeness (QED) is 0.688. The molecule has 0 amide bonds. The molecule has 94 valence electrons. The van der Waals surface area contributed by atoms with Crippen molar-refractivity contribution in [3.63, 3.8) is 0 Å². The van der Waals surface area contributed by atoms with Gasteiger partial charge >= 0.3 is 0 Å². The maximum Gasteiger partial charge on any atom is 0.181 e. The zero-order valence-electron chi connectivity index (χ0n) is 9.78. The summed E-state index contributed by atoms with van der Waals surface area (Å²) in [6, 6.07) is 3.74. The molecule has 0 spiro atoms. The van der Waals surface area contributed by atoms with Crippen LogP contribution in [-0.4, -0.2) is 15.0 Å². The Labute approximate surface area is 127 Å². The molecule has 0 bridgehead atoms. The Balaban J connectivity index is 2.63. The van der Waals surface area contributed by atoms with Gasteiger partial charge in [-0.3, -0.25) is 4.98 Å². The summed E-state index contributed by atoms with van der Waals surface area (Å²) in [6.07, 6.45) is 1.70. The van der Waals surface area contributed by atoms with E-state index in [9.17, 15) is 0 Å². The van der Waals surface area contributed by atoms with E-state index >= 15 is 0 Å². The van der Waals surface area contributed by atoms with E-state index in [4.69, 9.17) is 11.6 Å². The van der Waals surface area contributed by atoms with Gasteiger partial charge in [-0.1, -0.05) is 25.4 Å². The van der Waals surface area contributed by atoms with Crippen LogP contribution in [0.3, 0.4) is 0 Å². The highest BCUT2D eigenvalue weighted by molar-refractivity contribution is 9.11. The molecule has 2 aromatic rings. The predicted octanol–water partition coefficient (Wildman–Crippen LogP) is 4.84. The number of pyridine rings is 1. The average molecular weight is 391 g/mol. The summed E-state index contributed by atoms with van der Waals surface area (Å²) in [6.45, 7) is 4.11. The van der Waals surface area contributed by atoms with E-state index in [1.165, 1.54) is 0 Å². The Kier molecular flexibility index (Phi) is 4.35. The van der Waals surface area contributed by atoms with Crippen molar-refractivity contribution in [1.29, 1.82) is 0 Å². The summed E-state index contributed by atoms with van der Waals surface area (Å²) < 4.78 is 1.59. The summed E-state index contributed by atoms with van der Waals surface area (Å²) in [4.78, 5) is 13.1. The van der Waals surface area contributed by atoms with Crippen LogP contribution in [0, 0.1) is 0 Å². The number of hydrogen-bond acceptors (Lipinski definition) is 3. The first-order valence-electron chi connectivity index (χ1n) is 5.34. The van der Waals surface area contributed by atoms with Gasteiger partial charge in [-0.05, 0) is 49.9 Å². The third kappa shape index (κ3) is 2.73. The molecule has 0 fully saturated rings. The second-order valence-electron chi connectivity index (χ2n) is 4.03. The molecular weight excluding hydrogens is 381 g/mol. The molecule has 0 aromatic carbocycles. The van der Waals surface area contributed by atoms with Gasteiger partial charge in [0.1, 0.15) is 10.8 Å². The van der Waals surface area contributed by atoms with Gasteiger partial charge in [0.15, 0.2) is 5.82 Å². The van der Waals surface area contributed by atoms with Crippen LogP contribution < -0.4 is 0 Å². The normalized spacial score (nSPS) is 11.0. The first-order chi connectivity index (χ1) is 8.50. The lowest BCUT2D eigenvalue weighted by atomic mass is 10.1. The number of aromatic nitrogens is 3. The highest BCUT2D eigenvalue weighted by atomic mass is 79.9. The van der Waals surface area contributed by atoms with Crippen molar-refractivity contribution in [2.75, 3.05) is 0 Å². The molecular formula is C12H10Br2ClN3. The Hall–Kier alpha value is -0.520. The summed E-state index contributed by atoms with van der Waals surface area (Å²) in [5, 5.41) is 0.404. The first kappa shape index (κ1) is 13.9. The molecule has 0 aliphatic rings. The number of rotatable bonds is 2. The molecule has 6 heteroatoms. The van der Waals surface area contributed by atoms with E-state index in [1.54, 1.807) is 6.20 Å². The fourth-order valence-electron chi connectivity index (χ4n) is 1.47. The molecule has 0 unspecified atom stereocenters. The topological polar surface area (TPSA) is 38.7 Å². The van der Waals surface area contributed by atoms with Gasteiger partial charge < -0.3 is 0 Å². The van der Waals surface area contributed by atoms with Gasteiger partial charge in [-0.2, -0.15) is 0 Å². The molecule has 0 radical (unpaired) electrons. The van der Waals surface area contributed by atoms with Crippen LogP contribution in [0.5, 0.6) is 0 Å². The van der Waals surface area contributed by atoms with Crippen molar-refractivity contribution in [3.8, 4) is 11.5 Å². The SMILES string of the molecule is CC(C)c1nc(-c2ncccc2Br)nc(Cl)c1Br. The average Bonchev–Trinajstić information content (AvgIpc) is 2.33. The van der Waals surface area contributed by atoms with Crippen LogP contribution in [0.2, 0.25) is 5.15 Å². The number of halogens is 3. The Morgan fingerprint density at radius 1 is 1.22 bits per heavy atom. The first-order valence-corrected chi connectivity index (χ1v) is 7.31. The predicted molar refractivity (Wildman–Crippen MR) is 79.8 cm³/mol. The lowest BCUT2D eigenvalue weighted by Crippen LogP contribution is -2.01. The third-order valence-corrected chi connectivity index (χ3v) is 4.28. The Bertz CT molecular complexity index is 588.